The second-order valence-corrected chi connectivity index (χ2v) is 9.78. The molecule has 6 nitrogen and oxygen atoms in total. The Hall–Kier alpha value is -3.71. The number of carboxylic acids is 1. The fraction of sp³-hybridized carbons (Fsp3) is 0.267. The van der Waals surface area contributed by atoms with Gasteiger partial charge in [0.15, 0.2) is 11.3 Å². The van der Waals surface area contributed by atoms with Crippen molar-refractivity contribution in [2.75, 3.05) is 19.0 Å². The number of thioether (sulfide) groups is 1. The van der Waals surface area contributed by atoms with Crippen LogP contribution in [0.1, 0.15) is 41.0 Å². The average Bonchev–Trinajstić information content (AvgIpc) is 3.26. The first-order chi connectivity index (χ1) is 18.0. The van der Waals surface area contributed by atoms with Crippen molar-refractivity contribution in [2.24, 2.45) is 0 Å². The van der Waals surface area contributed by atoms with Gasteiger partial charge in [0.1, 0.15) is 12.4 Å². The van der Waals surface area contributed by atoms with Crippen molar-refractivity contribution >= 4 is 34.7 Å². The van der Waals surface area contributed by atoms with Crippen molar-refractivity contribution in [1.82, 2.24) is 0 Å². The zero-order valence-electron chi connectivity index (χ0n) is 20.7. The molecule has 4 aromatic rings. The van der Waals surface area contributed by atoms with E-state index < -0.39 is 12.6 Å². The fourth-order valence-electron chi connectivity index (χ4n) is 4.29. The number of carboxylic acid groups (broad SMARTS) is 1. The van der Waals surface area contributed by atoms with E-state index in [2.05, 4.69) is 48.5 Å². The van der Waals surface area contributed by atoms with Gasteiger partial charge in [0, 0.05) is 24.3 Å². The number of hydrogen-bond donors (Lipinski definition) is 0. The van der Waals surface area contributed by atoms with Gasteiger partial charge in [0.25, 0.3) is 0 Å². The van der Waals surface area contributed by atoms with Crippen molar-refractivity contribution in [3.63, 3.8) is 0 Å². The van der Waals surface area contributed by atoms with Gasteiger partial charge in [0.05, 0.1) is 17.8 Å². The molecule has 0 spiro atoms. The number of esters is 1. The van der Waals surface area contributed by atoms with Gasteiger partial charge in [0.2, 0.25) is 0 Å². The minimum absolute atomic E-state index is 0.190. The largest absolute Gasteiger partial charge is 0.546 e. The minimum Gasteiger partial charge on any atom is -0.546 e. The maximum atomic E-state index is 11.2. The molecule has 1 heterocycles. The maximum absolute atomic E-state index is 11.2. The van der Waals surface area contributed by atoms with Gasteiger partial charge >= 0.3 is 5.97 Å². The van der Waals surface area contributed by atoms with Gasteiger partial charge in [-0.25, -0.2) is 0 Å². The van der Waals surface area contributed by atoms with Crippen LogP contribution in [0.25, 0.3) is 11.0 Å². The van der Waals surface area contributed by atoms with Gasteiger partial charge in [-0.1, -0.05) is 72.8 Å². The summed E-state index contributed by atoms with van der Waals surface area (Å²) >= 11 is 1.87. The van der Waals surface area contributed by atoms with Crippen LogP contribution in [-0.2, 0) is 27.2 Å². The number of aliphatic carboxylic acids is 1. The fourth-order valence-corrected chi connectivity index (χ4v) is 5.54. The quantitative estimate of drug-likeness (QED) is 0.180. The molecule has 0 bridgehead atoms. The van der Waals surface area contributed by atoms with Crippen LogP contribution < -0.4 is 9.84 Å². The predicted molar refractivity (Wildman–Crippen MR) is 143 cm³/mol. The number of hydrogen-bond acceptors (Lipinski definition) is 7. The monoisotopic (exact) mass is 517 g/mol. The van der Waals surface area contributed by atoms with E-state index in [9.17, 15) is 14.7 Å². The Morgan fingerprint density at radius 3 is 2.22 bits per heavy atom. The number of benzene rings is 3. The van der Waals surface area contributed by atoms with E-state index in [4.69, 9.17) is 13.9 Å². The molecule has 7 heteroatoms. The Kier molecular flexibility index (Phi) is 9.27. The number of ether oxygens (including phenoxy) is 2. The first-order valence-corrected chi connectivity index (χ1v) is 13.3. The van der Waals surface area contributed by atoms with Crippen molar-refractivity contribution in [2.45, 2.75) is 31.4 Å². The third-order valence-electron chi connectivity index (χ3n) is 5.91. The van der Waals surface area contributed by atoms with Gasteiger partial charge in [-0.05, 0) is 35.8 Å². The number of rotatable bonds is 13. The third-order valence-corrected chi connectivity index (χ3v) is 7.22. The van der Waals surface area contributed by atoms with E-state index in [-0.39, 0.29) is 11.2 Å². The Labute approximate surface area is 220 Å². The summed E-state index contributed by atoms with van der Waals surface area (Å²) in [6.45, 7) is 1.14. The smallest absolute Gasteiger partial charge is 0.302 e. The Morgan fingerprint density at radius 1 is 0.919 bits per heavy atom. The number of carbonyl (C=O) groups excluding carboxylic acids is 2. The van der Waals surface area contributed by atoms with Gasteiger partial charge in [-0.15, -0.1) is 11.8 Å². The molecular weight excluding hydrogens is 488 g/mol. The second kappa shape index (κ2) is 13.0. The molecule has 0 aliphatic rings. The van der Waals surface area contributed by atoms with E-state index in [0.29, 0.717) is 30.8 Å². The lowest BCUT2D eigenvalue weighted by Crippen LogP contribution is -2.28. The molecule has 192 valence electrons. The van der Waals surface area contributed by atoms with Crippen molar-refractivity contribution in [3.8, 4) is 5.75 Å². The van der Waals surface area contributed by atoms with Crippen molar-refractivity contribution < 1.29 is 28.6 Å². The summed E-state index contributed by atoms with van der Waals surface area (Å²) in [5, 5.41) is 12.0. The Balaban J connectivity index is 1.57. The summed E-state index contributed by atoms with van der Waals surface area (Å²) in [5.74, 6) is 0.391. The number of aryl methyl sites for hydroxylation is 2. The Morgan fingerprint density at radius 2 is 1.59 bits per heavy atom. The summed E-state index contributed by atoms with van der Waals surface area (Å²) in [5.41, 5.74) is 4.07. The zero-order chi connectivity index (χ0) is 26.0. The molecule has 0 aliphatic heterocycles. The molecule has 3 aromatic carbocycles. The van der Waals surface area contributed by atoms with Crippen LogP contribution in [-0.4, -0.2) is 30.9 Å². The highest BCUT2D eigenvalue weighted by atomic mass is 32.2. The van der Waals surface area contributed by atoms with E-state index >= 15 is 0 Å². The molecule has 0 aliphatic carbocycles. The van der Waals surface area contributed by atoms with Gasteiger partial charge < -0.3 is 23.8 Å². The molecule has 0 radical (unpaired) electrons. The molecule has 0 unspecified atom stereocenters. The second-order valence-electron chi connectivity index (χ2n) is 8.56. The highest BCUT2D eigenvalue weighted by Gasteiger charge is 2.19. The molecule has 0 atom stereocenters. The molecule has 1 aromatic heterocycles. The molecular formula is C30H29O6S-. The van der Waals surface area contributed by atoms with Crippen LogP contribution in [0.15, 0.2) is 83.3 Å². The Bertz CT molecular complexity index is 1280. The molecule has 0 saturated heterocycles. The summed E-state index contributed by atoms with van der Waals surface area (Å²) < 4.78 is 16.7. The van der Waals surface area contributed by atoms with E-state index in [1.807, 2.05) is 36.0 Å². The summed E-state index contributed by atoms with van der Waals surface area (Å²) in [6.07, 6.45) is 1.95. The lowest BCUT2D eigenvalue weighted by atomic mass is 10.0. The van der Waals surface area contributed by atoms with Crippen LogP contribution >= 0.6 is 11.8 Å². The molecule has 0 N–H and O–H groups in total. The standard InChI is InChI=1S/C30H30O6S/c1-21(31)34-18-9-16-26-24(25-14-8-15-27(29(25)36-26)35-20-28(32)33)17-19-37-30(22-10-4-2-5-11-22)23-12-6-3-7-13-23/h2-8,10-15,30H,9,16-20H2,1H3,(H,32,33)/p-1. The zero-order valence-corrected chi connectivity index (χ0v) is 21.5. The average molecular weight is 518 g/mol. The SMILES string of the molecule is CC(=O)OCCCc1oc2c(OCC(=O)[O-])cccc2c1CCSC(c1ccccc1)c1ccccc1. The van der Waals surface area contributed by atoms with Crippen LogP contribution in [0.5, 0.6) is 5.75 Å². The van der Waals surface area contributed by atoms with E-state index in [1.165, 1.54) is 18.1 Å². The minimum atomic E-state index is -1.30. The number of carbonyl (C=O) groups is 2. The normalized spacial score (nSPS) is 11.1. The summed E-state index contributed by atoms with van der Waals surface area (Å²) in [4.78, 5) is 22.1. The van der Waals surface area contributed by atoms with Gasteiger partial charge in [-0.2, -0.15) is 0 Å². The molecule has 4 rings (SSSR count). The highest BCUT2D eigenvalue weighted by Crippen LogP contribution is 2.38. The van der Waals surface area contributed by atoms with Crippen LogP contribution in [0, 0.1) is 0 Å². The topological polar surface area (TPSA) is 88.8 Å². The molecule has 0 saturated carbocycles. The summed E-state index contributed by atoms with van der Waals surface area (Å²) in [6, 6.07) is 26.4. The predicted octanol–water partition coefficient (Wildman–Crippen LogP) is 5.12. The van der Waals surface area contributed by atoms with Gasteiger partial charge in [-0.3, -0.25) is 4.79 Å². The lowest BCUT2D eigenvalue weighted by Gasteiger charge is -2.18. The first-order valence-electron chi connectivity index (χ1n) is 12.2. The number of para-hydroxylation sites is 1. The van der Waals surface area contributed by atoms with E-state index in [0.717, 1.165) is 28.9 Å². The number of fused-ring (bicyclic) bond motifs is 1. The lowest BCUT2D eigenvalue weighted by molar-refractivity contribution is -0.307. The maximum Gasteiger partial charge on any atom is 0.302 e. The summed E-state index contributed by atoms with van der Waals surface area (Å²) in [7, 11) is 0. The third kappa shape index (κ3) is 7.17. The van der Waals surface area contributed by atoms with Crippen molar-refractivity contribution in [3.05, 3.63) is 101 Å². The molecule has 0 fully saturated rings. The molecule has 0 amide bonds. The van der Waals surface area contributed by atoms with Crippen LogP contribution in [0.3, 0.4) is 0 Å². The first kappa shape index (κ1) is 26.4. The van der Waals surface area contributed by atoms with Crippen LogP contribution in [0.4, 0.5) is 0 Å². The number of furan rings is 1. The highest BCUT2D eigenvalue weighted by molar-refractivity contribution is 7.99. The molecule has 37 heavy (non-hydrogen) atoms. The van der Waals surface area contributed by atoms with E-state index in [1.54, 1.807) is 6.07 Å². The van der Waals surface area contributed by atoms with Crippen molar-refractivity contribution in [1.29, 1.82) is 0 Å². The van der Waals surface area contributed by atoms with Crippen LogP contribution in [0.2, 0.25) is 0 Å².